The lowest BCUT2D eigenvalue weighted by Crippen LogP contribution is -2.41. The largest absolute Gasteiger partial charge is 0.460 e. The lowest BCUT2D eigenvalue weighted by atomic mass is 9.54. The SMILES string of the molecule is CC1(C)OB(C[C@@H](B2OC(C)(C)C(C)(C)O2)C2CCCCC2)OC1(C)C. The Morgan fingerprint density at radius 1 is 0.692 bits per heavy atom. The normalized spacial score (nSPS) is 31.4. The van der Waals surface area contributed by atoms with Gasteiger partial charge in [-0.05, 0) is 73.4 Å². The van der Waals surface area contributed by atoms with E-state index in [0.717, 1.165) is 6.32 Å². The third-order valence-corrected chi connectivity index (χ3v) is 7.64. The van der Waals surface area contributed by atoms with Crippen molar-refractivity contribution in [3.63, 3.8) is 0 Å². The van der Waals surface area contributed by atoms with E-state index in [9.17, 15) is 0 Å². The van der Waals surface area contributed by atoms with E-state index in [1.165, 1.54) is 32.1 Å². The van der Waals surface area contributed by atoms with E-state index in [2.05, 4.69) is 55.4 Å². The predicted octanol–water partition coefficient (Wildman–Crippen LogP) is 5.12. The van der Waals surface area contributed by atoms with Gasteiger partial charge in [0, 0.05) is 0 Å². The minimum absolute atomic E-state index is 0.179. The molecule has 2 aliphatic heterocycles. The zero-order valence-corrected chi connectivity index (χ0v) is 18.2. The summed E-state index contributed by atoms with van der Waals surface area (Å²) in [5.41, 5.74) is -1.16. The third-order valence-electron chi connectivity index (χ3n) is 7.64. The van der Waals surface area contributed by atoms with Gasteiger partial charge in [-0.2, -0.15) is 0 Å². The fourth-order valence-corrected chi connectivity index (χ4v) is 4.44. The molecular weight excluding hydrogens is 326 g/mol. The smallest absolute Gasteiger partial charge is 0.403 e. The first-order chi connectivity index (χ1) is 11.8. The summed E-state index contributed by atoms with van der Waals surface area (Å²) in [6.07, 6.45) is 7.33. The second-order valence-electron chi connectivity index (χ2n) is 10.6. The zero-order valence-electron chi connectivity index (χ0n) is 18.2. The molecule has 4 nitrogen and oxygen atoms in total. The molecule has 3 rings (SSSR count). The van der Waals surface area contributed by atoms with Gasteiger partial charge in [-0.15, -0.1) is 0 Å². The quantitative estimate of drug-likeness (QED) is 0.649. The molecule has 26 heavy (non-hydrogen) atoms. The van der Waals surface area contributed by atoms with Crippen LogP contribution in [0.25, 0.3) is 0 Å². The molecule has 6 heteroatoms. The lowest BCUT2D eigenvalue weighted by Gasteiger charge is -2.32. The highest BCUT2D eigenvalue weighted by molar-refractivity contribution is 6.53. The summed E-state index contributed by atoms with van der Waals surface area (Å²) in [6.45, 7) is 17.0. The van der Waals surface area contributed by atoms with E-state index in [-0.39, 0.29) is 36.6 Å². The van der Waals surface area contributed by atoms with Crippen LogP contribution in [0.4, 0.5) is 0 Å². The van der Waals surface area contributed by atoms with Gasteiger partial charge in [-0.3, -0.25) is 0 Å². The number of hydrogen-bond donors (Lipinski definition) is 0. The Kier molecular flexibility index (Phi) is 5.40. The molecule has 3 fully saturated rings. The van der Waals surface area contributed by atoms with Crippen LogP contribution in [-0.2, 0) is 18.6 Å². The van der Waals surface area contributed by atoms with Gasteiger partial charge >= 0.3 is 14.2 Å². The molecule has 0 amide bonds. The fraction of sp³-hybridized carbons (Fsp3) is 1.00. The van der Waals surface area contributed by atoms with Crippen molar-refractivity contribution in [3.8, 4) is 0 Å². The van der Waals surface area contributed by atoms with Crippen molar-refractivity contribution in [1.29, 1.82) is 0 Å². The molecule has 0 bridgehead atoms. The summed E-state index contributed by atoms with van der Waals surface area (Å²) >= 11 is 0. The maximum absolute atomic E-state index is 6.46. The van der Waals surface area contributed by atoms with Crippen LogP contribution in [0.2, 0.25) is 12.1 Å². The molecule has 3 aliphatic rings. The first-order valence-corrected chi connectivity index (χ1v) is 10.6. The topological polar surface area (TPSA) is 36.9 Å². The Morgan fingerprint density at radius 2 is 1.12 bits per heavy atom. The monoisotopic (exact) mass is 364 g/mol. The molecule has 0 unspecified atom stereocenters. The number of hydrogen-bond acceptors (Lipinski definition) is 4. The van der Waals surface area contributed by atoms with Crippen molar-refractivity contribution in [1.82, 2.24) is 0 Å². The highest BCUT2D eigenvalue weighted by Gasteiger charge is 2.58. The van der Waals surface area contributed by atoms with Crippen molar-refractivity contribution < 1.29 is 18.6 Å². The van der Waals surface area contributed by atoms with Crippen molar-refractivity contribution in [2.45, 2.75) is 122 Å². The van der Waals surface area contributed by atoms with Crippen LogP contribution < -0.4 is 0 Å². The van der Waals surface area contributed by atoms with Gasteiger partial charge in [0.2, 0.25) is 0 Å². The van der Waals surface area contributed by atoms with E-state index in [1.54, 1.807) is 0 Å². The van der Waals surface area contributed by atoms with Crippen LogP contribution in [0.3, 0.4) is 0 Å². The van der Waals surface area contributed by atoms with Crippen LogP contribution in [-0.4, -0.2) is 36.6 Å². The second kappa shape index (κ2) is 6.79. The van der Waals surface area contributed by atoms with Crippen LogP contribution in [0.5, 0.6) is 0 Å². The lowest BCUT2D eigenvalue weighted by molar-refractivity contribution is 0.00578. The molecule has 0 aromatic heterocycles. The van der Waals surface area contributed by atoms with E-state index in [1.807, 2.05) is 0 Å². The van der Waals surface area contributed by atoms with Gasteiger partial charge in [0.1, 0.15) is 0 Å². The molecule has 2 saturated heterocycles. The Bertz CT molecular complexity index is 480. The number of rotatable bonds is 4. The molecule has 1 atom stereocenters. The third kappa shape index (κ3) is 3.76. The Balaban J connectivity index is 1.77. The molecule has 148 valence electrons. The fourth-order valence-electron chi connectivity index (χ4n) is 4.44. The summed E-state index contributed by atoms with van der Waals surface area (Å²) in [5.74, 6) is 0.934. The molecule has 0 aromatic carbocycles. The molecule has 0 aromatic rings. The van der Waals surface area contributed by atoms with Gasteiger partial charge in [0.05, 0.1) is 22.4 Å². The average molecular weight is 364 g/mol. The summed E-state index contributed by atoms with van der Waals surface area (Å²) in [4.78, 5) is 0. The Labute approximate surface area is 161 Å². The van der Waals surface area contributed by atoms with Crippen LogP contribution in [0, 0.1) is 5.92 Å². The molecular formula is C20H38B2O4. The highest BCUT2D eigenvalue weighted by atomic mass is 16.7. The molecule has 1 aliphatic carbocycles. The predicted molar refractivity (Wildman–Crippen MR) is 107 cm³/mol. The van der Waals surface area contributed by atoms with Crippen LogP contribution in [0.1, 0.15) is 87.5 Å². The zero-order chi connectivity index (χ0) is 19.4. The standard InChI is InChI=1S/C20H38B2O4/c1-17(2)18(3,4)24-21(23-17)14-16(15-12-10-9-11-13-15)22-25-19(5,6)20(7,8)26-22/h15-16H,9-14H2,1-8H3/t16-/m1/s1. The van der Waals surface area contributed by atoms with Gasteiger partial charge in [-0.25, -0.2) is 0 Å². The van der Waals surface area contributed by atoms with E-state index >= 15 is 0 Å². The highest BCUT2D eigenvalue weighted by Crippen LogP contribution is 2.48. The van der Waals surface area contributed by atoms with Crippen molar-refractivity contribution in [2.24, 2.45) is 5.92 Å². The molecule has 0 spiro atoms. The summed E-state index contributed by atoms with van der Waals surface area (Å²) in [5, 5.41) is 0. The van der Waals surface area contributed by atoms with Crippen molar-refractivity contribution in [3.05, 3.63) is 0 Å². The molecule has 0 N–H and O–H groups in total. The van der Waals surface area contributed by atoms with Gasteiger partial charge < -0.3 is 18.6 Å². The Morgan fingerprint density at radius 3 is 1.58 bits per heavy atom. The van der Waals surface area contributed by atoms with E-state index in [4.69, 9.17) is 18.6 Å². The molecule has 0 radical (unpaired) electrons. The Hall–Kier alpha value is -0.0301. The van der Waals surface area contributed by atoms with Crippen LogP contribution >= 0.6 is 0 Å². The van der Waals surface area contributed by atoms with Crippen molar-refractivity contribution >= 4 is 14.2 Å². The summed E-state index contributed by atoms with van der Waals surface area (Å²) in [6, 6.07) is 0. The summed E-state index contributed by atoms with van der Waals surface area (Å²) in [7, 11) is -0.368. The maximum Gasteiger partial charge on any atom is 0.460 e. The van der Waals surface area contributed by atoms with E-state index < -0.39 is 0 Å². The first-order valence-electron chi connectivity index (χ1n) is 10.6. The van der Waals surface area contributed by atoms with Crippen LogP contribution in [0.15, 0.2) is 0 Å². The minimum Gasteiger partial charge on any atom is -0.403 e. The minimum atomic E-state index is -0.291. The van der Waals surface area contributed by atoms with E-state index in [0.29, 0.717) is 11.7 Å². The maximum atomic E-state index is 6.46. The van der Waals surface area contributed by atoms with Crippen molar-refractivity contribution in [2.75, 3.05) is 0 Å². The summed E-state index contributed by atoms with van der Waals surface area (Å²) < 4.78 is 25.6. The van der Waals surface area contributed by atoms with Gasteiger partial charge in [0.15, 0.2) is 0 Å². The van der Waals surface area contributed by atoms with Gasteiger partial charge in [0.25, 0.3) is 0 Å². The second-order valence-corrected chi connectivity index (χ2v) is 10.6. The average Bonchev–Trinajstić information content (AvgIpc) is 2.85. The molecule has 1 saturated carbocycles. The van der Waals surface area contributed by atoms with Gasteiger partial charge in [-0.1, -0.05) is 32.1 Å². The molecule has 2 heterocycles. The first kappa shape index (κ1) is 20.7.